The van der Waals surface area contributed by atoms with E-state index in [-0.39, 0.29) is 11.4 Å². The first kappa shape index (κ1) is 19.5. The van der Waals surface area contributed by atoms with E-state index in [4.69, 9.17) is 0 Å². The lowest BCUT2D eigenvalue weighted by atomic mass is 9.97. The fourth-order valence-electron chi connectivity index (χ4n) is 4.14. The zero-order chi connectivity index (χ0) is 20.4. The molecule has 0 unspecified atom stereocenters. The molecule has 0 aliphatic carbocycles. The summed E-state index contributed by atoms with van der Waals surface area (Å²) in [5, 5.41) is 0. The van der Waals surface area contributed by atoms with E-state index in [1.54, 1.807) is 31.5 Å². The molecule has 0 bridgehead atoms. The van der Waals surface area contributed by atoms with Crippen LogP contribution >= 0.6 is 0 Å². The molecular formula is C24H26FN3O. The Morgan fingerprint density at radius 1 is 1.21 bits per heavy atom. The van der Waals surface area contributed by atoms with Crippen LogP contribution in [-0.2, 0) is 19.5 Å². The van der Waals surface area contributed by atoms with E-state index in [1.807, 2.05) is 22.8 Å². The molecule has 0 saturated carbocycles. The Hall–Kier alpha value is -2.79. The predicted molar refractivity (Wildman–Crippen MR) is 113 cm³/mol. The Morgan fingerprint density at radius 2 is 2.07 bits per heavy atom. The average molecular weight is 391 g/mol. The molecule has 29 heavy (non-hydrogen) atoms. The Balaban J connectivity index is 1.85. The molecule has 0 spiro atoms. The van der Waals surface area contributed by atoms with Crippen molar-refractivity contribution >= 4 is 0 Å². The van der Waals surface area contributed by atoms with Gasteiger partial charge < -0.3 is 4.57 Å². The summed E-state index contributed by atoms with van der Waals surface area (Å²) in [5.74, 6) is -0.253. The molecule has 0 N–H and O–H groups in total. The molecule has 0 fully saturated rings. The first-order valence-corrected chi connectivity index (χ1v) is 10.2. The standard InChI is InChI=1S/C24H26FN3O/c1-3-10-27-11-8-23-20(16-27)13-21(19-6-7-22(25)17(2)12-19)24(29)28(23)15-18-5-4-9-26-14-18/h4-7,9,12-14H,3,8,10-11,15-16H2,1-2H3. The molecule has 5 heteroatoms. The van der Waals surface area contributed by atoms with Gasteiger partial charge in [0.1, 0.15) is 5.82 Å². The molecule has 3 aromatic rings. The van der Waals surface area contributed by atoms with E-state index in [9.17, 15) is 9.18 Å². The van der Waals surface area contributed by atoms with Gasteiger partial charge in [-0.15, -0.1) is 0 Å². The van der Waals surface area contributed by atoms with Crippen LogP contribution in [0.1, 0.15) is 35.7 Å². The van der Waals surface area contributed by atoms with Crippen LogP contribution in [0.25, 0.3) is 11.1 Å². The van der Waals surface area contributed by atoms with Crippen molar-refractivity contribution in [1.82, 2.24) is 14.5 Å². The lowest BCUT2D eigenvalue weighted by Crippen LogP contribution is -2.37. The van der Waals surface area contributed by atoms with Gasteiger partial charge in [0.05, 0.1) is 6.54 Å². The quantitative estimate of drug-likeness (QED) is 0.655. The Morgan fingerprint density at radius 3 is 2.79 bits per heavy atom. The summed E-state index contributed by atoms with van der Waals surface area (Å²) in [5.41, 5.74) is 5.21. The second-order valence-corrected chi connectivity index (χ2v) is 7.77. The SMILES string of the molecule is CCCN1CCc2c(cc(-c3ccc(F)c(C)c3)c(=O)n2Cc2cccnc2)C1. The van der Waals surface area contributed by atoms with Gasteiger partial charge in [-0.25, -0.2) is 4.39 Å². The zero-order valence-corrected chi connectivity index (χ0v) is 17.0. The van der Waals surface area contributed by atoms with Gasteiger partial charge in [-0.2, -0.15) is 0 Å². The topological polar surface area (TPSA) is 38.1 Å². The van der Waals surface area contributed by atoms with Crippen LogP contribution in [0.15, 0.2) is 53.6 Å². The van der Waals surface area contributed by atoms with Crippen molar-refractivity contribution in [1.29, 1.82) is 0 Å². The van der Waals surface area contributed by atoms with Crippen molar-refractivity contribution in [3.63, 3.8) is 0 Å². The highest BCUT2D eigenvalue weighted by Crippen LogP contribution is 2.25. The number of hydrogen-bond acceptors (Lipinski definition) is 3. The molecule has 4 rings (SSSR count). The highest BCUT2D eigenvalue weighted by Gasteiger charge is 2.22. The lowest BCUT2D eigenvalue weighted by molar-refractivity contribution is 0.249. The smallest absolute Gasteiger partial charge is 0.258 e. The molecule has 4 nitrogen and oxygen atoms in total. The van der Waals surface area contributed by atoms with Crippen LogP contribution in [0.2, 0.25) is 0 Å². The molecule has 1 aliphatic heterocycles. The van der Waals surface area contributed by atoms with Crippen molar-refractivity contribution in [3.05, 3.63) is 87.3 Å². The Bertz CT molecular complexity index is 1080. The van der Waals surface area contributed by atoms with E-state index in [2.05, 4.69) is 16.8 Å². The van der Waals surface area contributed by atoms with E-state index in [0.717, 1.165) is 49.3 Å². The molecular weight excluding hydrogens is 365 g/mol. The number of nitrogens with zero attached hydrogens (tertiary/aromatic N) is 3. The fraction of sp³-hybridized carbons (Fsp3) is 0.333. The molecule has 2 aromatic heterocycles. The van der Waals surface area contributed by atoms with Crippen LogP contribution in [0, 0.1) is 12.7 Å². The summed E-state index contributed by atoms with van der Waals surface area (Å²) in [4.78, 5) is 20.1. The van der Waals surface area contributed by atoms with E-state index in [1.165, 1.54) is 11.6 Å². The van der Waals surface area contributed by atoms with Crippen LogP contribution in [0.4, 0.5) is 4.39 Å². The maximum atomic E-state index is 13.8. The maximum Gasteiger partial charge on any atom is 0.258 e. The molecule has 1 aliphatic rings. The van der Waals surface area contributed by atoms with Gasteiger partial charge in [-0.05, 0) is 66.4 Å². The highest BCUT2D eigenvalue weighted by molar-refractivity contribution is 5.64. The predicted octanol–water partition coefficient (Wildman–Crippen LogP) is 4.17. The van der Waals surface area contributed by atoms with Gasteiger partial charge in [0.15, 0.2) is 0 Å². The number of fused-ring (bicyclic) bond motifs is 1. The number of halogens is 1. The van der Waals surface area contributed by atoms with Crippen molar-refractivity contribution in [2.45, 2.75) is 39.8 Å². The van der Waals surface area contributed by atoms with Gasteiger partial charge in [0, 0.05) is 43.2 Å². The summed E-state index contributed by atoms with van der Waals surface area (Å²) >= 11 is 0. The molecule has 0 radical (unpaired) electrons. The van der Waals surface area contributed by atoms with Crippen molar-refractivity contribution in [2.75, 3.05) is 13.1 Å². The van der Waals surface area contributed by atoms with E-state index >= 15 is 0 Å². The summed E-state index contributed by atoms with van der Waals surface area (Å²) in [6.07, 6.45) is 5.50. The van der Waals surface area contributed by atoms with Crippen LogP contribution in [-0.4, -0.2) is 27.5 Å². The highest BCUT2D eigenvalue weighted by atomic mass is 19.1. The molecule has 150 valence electrons. The minimum absolute atomic E-state index is 0.0254. The Labute approximate surface area is 170 Å². The van der Waals surface area contributed by atoms with Gasteiger partial charge >= 0.3 is 0 Å². The van der Waals surface area contributed by atoms with Crippen molar-refractivity contribution < 1.29 is 4.39 Å². The molecule has 1 aromatic carbocycles. The largest absolute Gasteiger partial charge is 0.307 e. The lowest BCUT2D eigenvalue weighted by Gasteiger charge is -2.31. The fourth-order valence-corrected chi connectivity index (χ4v) is 4.14. The second kappa shape index (κ2) is 8.29. The number of pyridine rings is 2. The second-order valence-electron chi connectivity index (χ2n) is 7.77. The Kier molecular flexibility index (Phi) is 5.58. The number of benzene rings is 1. The first-order valence-electron chi connectivity index (χ1n) is 10.2. The number of aromatic nitrogens is 2. The third-order valence-electron chi connectivity index (χ3n) is 5.62. The van der Waals surface area contributed by atoms with Crippen LogP contribution in [0.5, 0.6) is 0 Å². The van der Waals surface area contributed by atoms with Crippen LogP contribution < -0.4 is 5.56 Å². The van der Waals surface area contributed by atoms with E-state index in [0.29, 0.717) is 17.7 Å². The minimum Gasteiger partial charge on any atom is -0.307 e. The van der Waals surface area contributed by atoms with Crippen LogP contribution in [0.3, 0.4) is 0 Å². The summed E-state index contributed by atoms with van der Waals surface area (Å²) in [7, 11) is 0. The van der Waals surface area contributed by atoms with Crippen molar-refractivity contribution in [3.8, 4) is 11.1 Å². The van der Waals surface area contributed by atoms with Crippen molar-refractivity contribution in [2.24, 2.45) is 0 Å². The summed E-state index contributed by atoms with van der Waals surface area (Å²) in [6, 6.07) is 10.8. The normalized spacial score (nSPS) is 14.0. The number of aryl methyl sites for hydroxylation is 1. The first-order chi connectivity index (χ1) is 14.1. The number of hydrogen-bond donors (Lipinski definition) is 0. The zero-order valence-electron chi connectivity index (χ0n) is 17.0. The van der Waals surface area contributed by atoms with Gasteiger partial charge in [-0.1, -0.05) is 19.1 Å². The van der Waals surface area contributed by atoms with Gasteiger partial charge in [-0.3, -0.25) is 14.7 Å². The van der Waals surface area contributed by atoms with Gasteiger partial charge in [0.25, 0.3) is 5.56 Å². The molecule has 0 saturated heterocycles. The minimum atomic E-state index is -0.253. The molecule has 0 atom stereocenters. The monoisotopic (exact) mass is 391 g/mol. The average Bonchev–Trinajstić information content (AvgIpc) is 2.73. The third kappa shape index (κ3) is 4.01. The molecule has 3 heterocycles. The maximum absolute atomic E-state index is 13.8. The summed E-state index contributed by atoms with van der Waals surface area (Å²) < 4.78 is 15.7. The van der Waals surface area contributed by atoms with E-state index < -0.39 is 0 Å². The third-order valence-corrected chi connectivity index (χ3v) is 5.62. The van der Waals surface area contributed by atoms with Gasteiger partial charge in [0.2, 0.25) is 0 Å². The molecule has 0 amide bonds. The summed E-state index contributed by atoms with van der Waals surface area (Å²) in [6.45, 7) is 7.26. The number of rotatable bonds is 5.